The first-order chi connectivity index (χ1) is 7.33. The minimum absolute atomic E-state index is 0.552. The predicted octanol–water partition coefficient (Wildman–Crippen LogP) is 1.25. The van der Waals surface area contributed by atoms with Crippen molar-refractivity contribution in [2.45, 2.75) is 6.54 Å². The number of nitrogen functional groups attached to an aromatic ring is 1. The Hall–Kier alpha value is -1.40. The number of ether oxygens (including phenoxy) is 1. The molecule has 0 saturated heterocycles. The van der Waals surface area contributed by atoms with Crippen LogP contribution in [0.15, 0.2) is 29.4 Å². The van der Waals surface area contributed by atoms with Crippen LogP contribution >= 0.6 is 11.3 Å². The Morgan fingerprint density at radius 3 is 2.87 bits per heavy atom. The van der Waals surface area contributed by atoms with Crippen molar-refractivity contribution >= 4 is 17.2 Å². The number of methoxy groups -OCH3 is 1. The molecule has 0 spiro atoms. The summed E-state index contributed by atoms with van der Waals surface area (Å²) < 4.78 is 6.60. The Labute approximate surface area is 92.5 Å². The highest BCUT2D eigenvalue weighted by Crippen LogP contribution is 1.94. The number of rotatable bonds is 3. The van der Waals surface area contributed by atoms with Crippen LogP contribution in [0.2, 0.25) is 0 Å². The van der Waals surface area contributed by atoms with Gasteiger partial charge < -0.3 is 10.5 Å². The molecule has 0 unspecified atom stereocenters. The van der Waals surface area contributed by atoms with Gasteiger partial charge in [-0.3, -0.25) is 9.67 Å². The summed E-state index contributed by atoms with van der Waals surface area (Å²) in [5, 5.41) is 5.89. The van der Waals surface area contributed by atoms with E-state index in [4.69, 9.17) is 10.5 Å². The van der Waals surface area contributed by atoms with Crippen LogP contribution in [-0.4, -0.2) is 28.5 Å². The van der Waals surface area contributed by atoms with Gasteiger partial charge in [0, 0.05) is 24.9 Å². The number of nitrogens with two attached hydrogens (primary N) is 1. The summed E-state index contributed by atoms with van der Waals surface area (Å²) in [6.07, 6.45) is 3.60. The van der Waals surface area contributed by atoms with Gasteiger partial charge in [0.05, 0.1) is 18.7 Å². The van der Waals surface area contributed by atoms with E-state index in [1.54, 1.807) is 40.9 Å². The van der Waals surface area contributed by atoms with E-state index in [0.717, 1.165) is 6.54 Å². The zero-order valence-corrected chi connectivity index (χ0v) is 9.35. The number of nitrogens with zero attached hydrogens (tertiary/aromatic N) is 3. The van der Waals surface area contributed by atoms with E-state index >= 15 is 0 Å². The maximum atomic E-state index is 5.38. The molecule has 2 rings (SSSR count). The van der Waals surface area contributed by atoms with E-state index in [-0.39, 0.29) is 0 Å². The number of thiazole rings is 1. The third-order valence-electron chi connectivity index (χ3n) is 1.53. The van der Waals surface area contributed by atoms with Gasteiger partial charge in [-0.2, -0.15) is 5.10 Å². The van der Waals surface area contributed by atoms with E-state index < -0.39 is 0 Å². The second-order valence-electron chi connectivity index (χ2n) is 2.67. The van der Waals surface area contributed by atoms with Gasteiger partial charge >= 0.3 is 0 Å². The molecule has 2 aromatic heterocycles. The fraction of sp³-hybridized carbons (Fsp3) is 0.333. The van der Waals surface area contributed by atoms with Crippen molar-refractivity contribution in [2.75, 3.05) is 19.5 Å². The molecule has 15 heavy (non-hydrogen) atoms. The first kappa shape index (κ1) is 11.7. The highest BCUT2D eigenvalue weighted by atomic mass is 32.1. The molecule has 0 saturated carbocycles. The summed E-state index contributed by atoms with van der Waals surface area (Å²) in [7, 11) is 1.66. The lowest BCUT2D eigenvalue weighted by molar-refractivity contribution is 0.183. The van der Waals surface area contributed by atoms with Crippen LogP contribution in [0.5, 0.6) is 0 Å². The largest absolute Gasteiger partial charge is 0.383 e. The van der Waals surface area contributed by atoms with Gasteiger partial charge in [-0.15, -0.1) is 11.3 Å². The zero-order chi connectivity index (χ0) is 10.9. The third kappa shape index (κ3) is 5.14. The second-order valence-corrected chi connectivity index (χ2v) is 3.43. The van der Waals surface area contributed by atoms with Gasteiger partial charge in [-0.1, -0.05) is 0 Å². The van der Waals surface area contributed by atoms with Gasteiger partial charge in [-0.25, -0.2) is 0 Å². The van der Waals surface area contributed by atoms with Gasteiger partial charge in [0.2, 0.25) is 0 Å². The molecule has 0 radical (unpaired) electrons. The normalized spacial score (nSPS) is 9.40. The highest BCUT2D eigenvalue weighted by Gasteiger charge is 1.91. The van der Waals surface area contributed by atoms with E-state index in [1.165, 1.54) is 0 Å². The summed E-state index contributed by atoms with van der Waals surface area (Å²) in [5.41, 5.74) is 7.17. The lowest BCUT2D eigenvalue weighted by Crippen LogP contribution is -2.04. The minimum atomic E-state index is 0.552. The van der Waals surface area contributed by atoms with E-state index in [0.29, 0.717) is 12.4 Å². The van der Waals surface area contributed by atoms with Crippen molar-refractivity contribution in [2.24, 2.45) is 0 Å². The minimum Gasteiger partial charge on any atom is -0.383 e. The Balaban J connectivity index is 0.000000187. The molecule has 0 fully saturated rings. The molecular weight excluding hydrogens is 212 g/mol. The fourth-order valence-corrected chi connectivity index (χ4v) is 1.21. The number of aromatic nitrogens is 3. The molecule has 0 aliphatic heterocycles. The van der Waals surface area contributed by atoms with Crippen molar-refractivity contribution in [3.8, 4) is 0 Å². The summed E-state index contributed by atoms with van der Waals surface area (Å²) in [6.45, 7) is 1.43. The Kier molecular flexibility index (Phi) is 5.42. The monoisotopic (exact) mass is 226 g/mol. The van der Waals surface area contributed by atoms with Crippen molar-refractivity contribution in [1.82, 2.24) is 14.8 Å². The number of hydrogen-bond acceptors (Lipinski definition) is 5. The highest BCUT2D eigenvalue weighted by molar-refractivity contribution is 7.07. The summed E-state index contributed by atoms with van der Waals surface area (Å²) in [4.78, 5) is 3.74. The van der Waals surface area contributed by atoms with Crippen LogP contribution in [-0.2, 0) is 11.3 Å². The fourth-order valence-electron chi connectivity index (χ4n) is 0.862. The second kappa shape index (κ2) is 6.97. The topological polar surface area (TPSA) is 66.0 Å². The molecule has 0 bridgehead atoms. The predicted molar refractivity (Wildman–Crippen MR) is 60.6 cm³/mol. The first-order valence-corrected chi connectivity index (χ1v) is 5.37. The molecule has 0 atom stereocenters. The smallest absolute Gasteiger partial charge is 0.145 e. The van der Waals surface area contributed by atoms with E-state index in [9.17, 15) is 0 Å². The van der Waals surface area contributed by atoms with Gasteiger partial charge in [0.1, 0.15) is 5.82 Å². The molecule has 0 aromatic carbocycles. The quantitative estimate of drug-likeness (QED) is 0.855. The molecule has 5 nitrogen and oxygen atoms in total. The van der Waals surface area contributed by atoms with E-state index in [1.807, 2.05) is 11.6 Å². The van der Waals surface area contributed by atoms with Crippen LogP contribution < -0.4 is 5.73 Å². The molecule has 6 heteroatoms. The lowest BCUT2D eigenvalue weighted by Gasteiger charge is -1.97. The molecule has 0 aliphatic carbocycles. The molecule has 0 aliphatic rings. The Bertz CT molecular complexity index is 329. The summed E-state index contributed by atoms with van der Waals surface area (Å²) in [5.74, 6) is 0.552. The number of hydrogen-bond donors (Lipinski definition) is 1. The van der Waals surface area contributed by atoms with Crippen molar-refractivity contribution in [1.29, 1.82) is 0 Å². The first-order valence-electron chi connectivity index (χ1n) is 4.43. The average molecular weight is 226 g/mol. The molecule has 2 aromatic rings. The van der Waals surface area contributed by atoms with Crippen molar-refractivity contribution in [3.05, 3.63) is 29.4 Å². The SMILES string of the molecule is COCCn1ccc(N)n1.c1cscn1. The van der Waals surface area contributed by atoms with Crippen molar-refractivity contribution in [3.63, 3.8) is 0 Å². The molecular formula is C9H14N4OS. The Morgan fingerprint density at radius 2 is 2.47 bits per heavy atom. The zero-order valence-electron chi connectivity index (χ0n) is 8.54. The van der Waals surface area contributed by atoms with Crippen LogP contribution in [0.25, 0.3) is 0 Å². The average Bonchev–Trinajstić information content (AvgIpc) is 2.88. The number of anilines is 1. The standard InChI is InChI=1S/C6H11N3O.C3H3NS/c1-10-5-4-9-3-2-6(7)8-9;1-2-5-3-4-1/h2-3H,4-5H2,1H3,(H2,7,8);1-3H. The van der Waals surface area contributed by atoms with Crippen LogP contribution in [0.3, 0.4) is 0 Å². The Morgan fingerprint density at radius 1 is 1.60 bits per heavy atom. The van der Waals surface area contributed by atoms with Gasteiger partial charge in [-0.05, 0) is 6.07 Å². The lowest BCUT2D eigenvalue weighted by atomic mass is 10.6. The molecule has 2 heterocycles. The van der Waals surface area contributed by atoms with Gasteiger partial charge in [0.15, 0.2) is 0 Å². The summed E-state index contributed by atoms with van der Waals surface area (Å²) >= 11 is 1.60. The maximum Gasteiger partial charge on any atom is 0.145 e. The molecule has 0 amide bonds. The van der Waals surface area contributed by atoms with Crippen molar-refractivity contribution < 1.29 is 4.74 Å². The molecule has 2 N–H and O–H groups in total. The summed E-state index contributed by atoms with van der Waals surface area (Å²) in [6, 6.07) is 1.76. The van der Waals surface area contributed by atoms with Gasteiger partial charge in [0.25, 0.3) is 0 Å². The third-order valence-corrected chi connectivity index (χ3v) is 2.06. The maximum absolute atomic E-state index is 5.38. The van der Waals surface area contributed by atoms with Crippen LogP contribution in [0.4, 0.5) is 5.82 Å². The van der Waals surface area contributed by atoms with Crippen LogP contribution in [0.1, 0.15) is 0 Å². The molecule has 82 valence electrons. The van der Waals surface area contributed by atoms with Crippen LogP contribution in [0, 0.1) is 0 Å². The van der Waals surface area contributed by atoms with E-state index in [2.05, 4.69) is 10.1 Å².